The zero-order valence-corrected chi connectivity index (χ0v) is 14.5. The number of rotatable bonds is 2. The van der Waals surface area contributed by atoms with Crippen molar-refractivity contribution in [2.24, 2.45) is 11.3 Å². The van der Waals surface area contributed by atoms with E-state index >= 15 is 0 Å². The van der Waals surface area contributed by atoms with E-state index in [1.807, 2.05) is 0 Å². The number of likely N-dealkylation sites (tertiary alicyclic amines) is 1. The average Bonchev–Trinajstić information content (AvgIpc) is 2.94. The minimum Gasteiger partial charge on any atom is -0.384 e. The molecule has 0 amide bonds. The average molecular weight is 361 g/mol. The van der Waals surface area contributed by atoms with Gasteiger partial charge in [0.1, 0.15) is 0 Å². The molecule has 134 valence electrons. The monoisotopic (exact) mass is 360 g/mol. The first-order valence-corrected chi connectivity index (χ1v) is 8.62. The van der Waals surface area contributed by atoms with Crippen molar-refractivity contribution in [1.29, 1.82) is 0 Å². The zero-order chi connectivity index (χ0) is 16.1. The van der Waals surface area contributed by atoms with Crippen LogP contribution in [-0.4, -0.2) is 30.7 Å². The third kappa shape index (κ3) is 3.01. The van der Waals surface area contributed by atoms with Gasteiger partial charge in [0, 0.05) is 25.3 Å². The molecule has 3 aliphatic rings. The quantitative estimate of drug-likeness (QED) is 0.827. The second kappa shape index (κ2) is 6.41. The number of hydrogen-bond acceptors (Lipinski definition) is 2. The smallest absolute Gasteiger partial charge is 0.384 e. The van der Waals surface area contributed by atoms with Crippen molar-refractivity contribution in [2.45, 2.75) is 44.8 Å². The van der Waals surface area contributed by atoms with Gasteiger partial charge in [0.05, 0.1) is 5.92 Å². The van der Waals surface area contributed by atoms with Crippen LogP contribution in [0.4, 0.5) is 18.9 Å². The van der Waals surface area contributed by atoms with Crippen LogP contribution < -0.4 is 5.32 Å². The lowest BCUT2D eigenvalue weighted by Gasteiger charge is -2.54. The van der Waals surface area contributed by atoms with E-state index in [-0.39, 0.29) is 18.8 Å². The van der Waals surface area contributed by atoms with Crippen LogP contribution in [0.2, 0.25) is 0 Å². The third-order valence-corrected chi connectivity index (χ3v) is 6.08. The zero-order valence-electron chi connectivity index (χ0n) is 13.7. The van der Waals surface area contributed by atoms with Crippen molar-refractivity contribution >= 4 is 18.1 Å². The van der Waals surface area contributed by atoms with Crippen LogP contribution in [0, 0.1) is 11.3 Å². The van der Waals surface area contributed by atoms with Crippen molar-refractivity contribution in [3.63, 3.8) is 0 Å². The number of nitrogens with one attached hydrogen (secondary N) is 1. The fraction of sp³-hybridized carbons (Fsp3) is 0.667. The van der Waals surface area contributed by atoms with Gasteiger partial charge in [0.2, 0.25) is 0 Å². The molecule has 1 spiro atoms. The van der Waals surface area contributed by atoms with Crippen LogP contribution in [0.1, 0.15) is 36.8 Å². The van der Waals surface area contributed by atoms with Crippen molar-refractivity contribution in [2.75, 3.05) is 25.0 Å². The van der Waals surface area contributed by atoms with Gasteiger partial charge in [-0.25, -0.2) is 0 Å². The molecule has 2 nitrogen and oxygen atoms in total. The Hall–Kier alpha value is -0.940. The summed E-state index contributed by atoms with van der Waals surface area (Å²) in [6.07, 6.45) is -0.322. The first-order valence-electron chi connectivity index (χ1n) is 8.62. The Kier molecular flexibility index (Phi) is 4.77. The topological polar surface area (TPSA) is 15.3 Å². The molecule has 1 N–H and O–H groups in total. The molecule has 1 aromatic carbocycles. The number of halogens is 4. The number of piperidine rings is 1. The van der Waals surface area contributed by atoms with E-state index < -0.39 is 17.5 Å². The summed E-state index contributed by atoms with van der Waals surface area (Å²) in [5.41, 5.74) is 3.28. The molecule has 1 aromatic rings. The molecule has 1 saturated heterocycles. The molecule has 6 heteroatoms. The lowest BCUT2D eigenvalue weighted by molar-refractivity contribution is -0.238. The van der Waals surface area contributed by atoms with Gasteiger partial charge in [-0.15, -0.1) is 12.4 Å². The molecule has 0 aromatic heterocycles. The number of anilines is 1. The lowest BCUT2D eigenvalue weighted by Crippen LogP contribution is -2.56. The van der Waals surface area contributed by atoms with Gasteiger partial charge in [-0.1, -0.05) is 24.6 Å². The molecule has 1 aliphatic carbocycles. The highest BCUT2D eigenvalue weighted by molar-refractivity contribution is 5.85. The summed E-state index contributed by atoms with van der Waals surface area (Å²) < 4.78 is 40.1. The van der Waals surface area contributed by atoms with Crippen molar-refractivity contribution in [3.05, 3.63) is 29.3 Å². The Morgan fingerprint density at radius 2 is 2.04 bits per heavy atom. The fourth-order valence-electron chi connectivity index (χ4n) is 4.82. The molecule has 24 heavy (non-hydrogen) atoms. The molecule has 0 radical (unpaired) electrons. The van der Waals surface area contributed by atoms with Gasteiger partial charge in [0.25, 0.3) is 0 Å². The lowest BCUT2D eigenvalue weighted by atomic mass is 9.58. The fourth-order valence-corrected chi connectivity index (χ4v) is 4.82. The maximum Gasteiger partial charge on any atom is 0.392 e. The maximum atomic E-state index is 13.4. The molecule has 1 atom stereocenters. The van der Waals surface area contributed by atoms with Gasteiger partial charge in [-0.2, -0.15) is 13.2 Å². The summed E-state index contributed by atoms with van der Waals surface area (Å²) >= 11 is 0. The Morgan fingerprint density at radius 1 is 1.25 bits per heavy atom. The highest BCUT2D eigenvalue weighted by Crippen LogP contribution is 2.56. The van der Waals surface area contributed by atoms with Gasteiger partial charge >= 0.3 is 6.18 Å². The maximum absolute atomic E-state index is 13.4. The van der Waals surface area contributed by atoms with Crippen molar-refractivity contribution in [1.82, 2.24) is 4.90 Å². The van der Waals surface area contributed by atoms with Gasteiger partial charge in [-0.3, -0.25) is 4.90 Å². The Bertz CT molecular complexity index is 598. The number of hydrogen-bond donors (Lipinski definition) is 1. The van der Waals surface area contributed by atoms with E-state index in [1.54, 1.807) is 0 Å². The predicted octanol–water partition coefficient (Wildman–Crippen LogP) is 4.63. The number of alkyl halides is 3. The molecule has 2 aliphatic heterocycles. The van der Waals surface area contributed by atoms with E-state index in [9.17, 15) is 13.2 Å². The van der Waals surface area contributed by atoms with Gasteiger partial charge < -0.3 is 5.32 Å². The molecule has 1 unspecified atom stereocenters. The number of benzene rings is 1. The van der Waals surface area contributed by atoms with Crippen LogP contribution in [0.25, 0.3) is 0 Å². The molecule has 2 fully saturated rings. The van der Waals surface area contributed by atoms with Crippen LogP contribution >= 0.6 is 12.4 Å². The van der Waals surface area contributed by atoms with Crippen LogP contribution in [0.15, 0.2) is 18.2 Å². The number of para-hydroxylation sites is 1. The molecule has 0 bridgehead atoms. The normalized spacial score (nSPS) is 25.5. The highest BCUT2D eigenvalue weighted by atomic mass is 35.5. The molecular weight excluding hydrogens is 337 g/mol. The van der Waals surface area contributed by atoms with E-state index in [1.165, 1.54) is 16.8 Å². The second-order valence-electron chi connectivity index (χ2n) is 7.44. The Balaban J connectivity index is 0.00000169. The SMILES string of the molecule is Cl.FC(F)(F)C1CCN(Cc2cccc3c2NCC3)CC12CCC2. The first-order chi connectivity index (χ1) is 11.0. The number of fused-ring (bicyclic) bond motifs is 1. The van der Waals surface area contributed by atoms with E-state index in [0.29, 0.717) is 13.1 Å². The summed E-state index contributed by atoms with van der Waals surface area (Å²) in [4.78, 5) is 2.25. The summed E-state index contributed by atoms with van der Waals surface area (Å²) in [5, 5.41) is 3.43. The highest BCUT2D eigenvalue weighted by Gasteiger charge is 2.57. The third-order valence-electron chi connectivity index (χ3n) is 6.08. The largest absolute Gasteiger partial charge is 0.392 e. The predicted molar refractivity (Wildman–Crippen MR) is 91.6 cm³/mol. The Morgan fingerprint density at radius 3 is 2.71 bits per heavy atom. The minimum atomic E-state index is -4.04. The van der Waals surface area contributed by atoms with Gasteiger partial charge in [-0.05, 0) is 48.8 Å². The van der Waals surface area contributed by atoms with Crippen LogP contribution in [0.5, 0.6) is 0 Å². The van der Waals surface area contributed by atoms with E-state index in [4.69, 9.17) is 0 Å². The van der Waals surface area contributed by atoms with Crippen molar-refractivity contribution < 1.29 is 13.2 Å². The second-order valence-corrected chi connectivity index (χ2v) is 7.44. The minimum absolute atomic E-state index is 0. The van der Waals surface area contributed by atoms with Crippen molar-refractivity contribution in [3.8, 4) is 0 Å². The summed E-state index contributed by atoms with van der Waals surface area (Å²) in [5.74, 6) is -1.10. The van der Waals surface area contributed by atoms with E-state index in [0.717, 1.165) is 38.8 Å². The van der Waals surface area contributed by atoms with Crippen LogP contribution in [-0.2, 0) is 13.0 Å². The molecular formula is C18H24ClF3N2. The summed E-state index contributed by atoms with van der Waals surface area (Å²) in [7, 11) is 0. The standard InChI is InChI=1S/C18H23F3N2.ClH/c19-18(20,21)15-6-10-23(12-17(15)7-2-8-17)11-14-4-1-3-13-5-9-22-16(13)14;/h1,3-4,15,22H,2,5-12H2;1H. The summed E-state index contributed by atoms with van der Waals surface area (Å²) in [6, 6.07) is 6.32. The first kappa shape index (κ1) is 17.9. The molecule has 1 saturated carbocycles. The van der Waals surface area contributed by atoms with Gasteiger partial charge in [0.15, 0.2) is 0 Å². The van der Waals surface area contributed by atoms with E-state index in [2.05, 4.69) is 28.4 Å². The number of nitrogens with zero attached hydrogens (tertiary/aromatic N) is 1. The Labute approximate surface area is 147 Å². The molecule has 4 rings (SSSR count). The molecule has 2 heterocycles. The summed E-state index contributed by atoms with van der Waals surface area (Å²) in [6.45, 7) is 2.88. The van der Waals surface area contributed by atoms with Crippen LogP contribution in [0.3, 0.4) is 0 Å².